The van der Waals surface area contributed by atoms with E-state index in [1.54, 1.807) is 0 Å². The third kappa shape index (κ3) is 9.19. The van der Waals surface area contributed by atoms with Gasteiger partial charge in [-0.15, -0.1) is 0 Å². The van der Waals surface area contributed by atoms with Crippen LogP contribution in [0, 0.1) is 0 Å². The van der Waals surface area contributed by atoms with Gasteiger partial charge in [0.25, 0.3) is 0 Å². The summed E-state index contributed by atoms with van der Waals surface area (Å²) < 4.78 is 31.8. The fourth-order valence-electron chi connectivity index (χ4n) is 3.17. The Hall–Kier alpha value is -0.860. The van der Waals surface area contributed by atoms with Crippen molar-refractivity contribution in [3.8, 4) is 0 Å². The topological polar surface area (TPSA) is 83.0 Å². The predicted molar refractivity (Wildman–Crippen MR) is 108 cm³/mol. The molecule has 26 heavy (non-hydrogen) atoms. The first kappa shape index (κ1) is 23.2. The molecule has 1 saturated carbocycles. The van der Waals surface area contributed by atoms with Gasteiger partial charge in [0, 0.05) is 26.2 Å². The molecule has 0 aliphatic heterocycles. The first-order chi connectivity index (χ1) is 12.5. The second-order valence-corrected chi connectivity index (χ2v) is 8.66. The predicted octanol–water partition coefficient (Wildman–Crippen LogP) is 1.95. The maximum absolute atomic E-state index is 12.2. The molecule has 7 nitrogen and oxygen atoms in total. The van der Waals surface area contributed by atoms with Gasteiger partial charge in [0.2, 0.25) is 10.0 Å². The average molecular weight is 391 g/mol. The highest BCUT2D eigenvalue weighted by atomic mass is 32.2. The van der Waals surface area contributed by atoms with Crippen molar-refractivity contribution in [1.82, 2.24) is 14.9 Å². The molecule has 0 atom stereocenters. The summed E-state index contributed by atoms with van der Waals surface area (Å²) in [5, 5.41) is 6.26. The van der Waals surface area contributed by atoms with Gasteiger partial charge in [-0.05, 0) is 19.8 Å². The highest BCUT2D eigenvalue weighted by molar-refractivity contribution is 7.89. The zero-order valence-electron chi connectivity index (χ0n) is 16.8. The van der Waals surface area contributed by atoms with Gasteiger partial charge in [0.15, 0.2) is 5.96 Å². The molecule has 0 aromatic rings. The van der Waals surface area contributed by atoms with Crippen LogP contribution in [-0.2, 0) is 14.8 Å². The van der Waals surface area contributed by atoms with Crippen molar-refractivity contribution < 1.29 is 13.2 Å². The lowest BCUT2D eigenvalue weighted by Crippen LogP contribution is -2.42. The molecular formula is C18H38N4O3S. The van der Waals surface area contributed by atoms with Crippen LogP contribution in [0.2, 0.25) is 0 Å². The van der Waals surface area contributed by atoms with E-state index >= 15 is 0 Å². The number of nitrogens with zero attached hydrogens (tertiary/aromatic N) is 2. The zero-order valence-corrected chi connectivity index (χ0v) is 17.6. The molecule has 1 aliphatic carbocycles. The molecule has 0 amide bonds. The van der Waals surface area contributed by atoms with Crippen LogP contribution in [-0.4, -0.2) is 69.9 Å². The Balaban J connectivity index is 2.36. The maximum Gasteiger partial charge on any atom is 0.215 e. The number of hydrogen-bond acceptors (Lipinski definition) is 4. The maximum atomic E-state index is 12.2. The van der Waals surface area contributed by atoms with Crippen molar-refractivity contribution in [2.45, 2.75) is 65.4 Å². The van der Waals surface area contributed by atoms with Crippen LogP contribution in [0.1, 0.15) is 59.3 Å². The van der Waals surface area contributed by atoms with Crippen molar-refractivity contribution in [2.75, 3.05) is 45.1 Å². The highest BCUT2D eigenvalue weighted by Gasteiger charge is 2.18. The second kappa shape index (κ2) is 13.3. The quantitative estimate of drug-likeness (QED) is 0.244. The molecule has 8 heteroatoms. The van der Waals surface area contributed by atoms with E-state index in [1.165, 1.54) is 30.0 Å². The van der Waals surface area contributed by atoms with Gasteiger partial charge in [-0.3, -0.25) is 4.99 Å². The highest BCUT2D eigenvalue weighted by Crippen LogP contribution is 2.19. The molecule has 0 radical (unpaired) electrons. The third-order valence-corrected chi connectivity index (χ3v) is 6.64. The molecule has 154 valence electrons. The van der Waals surface area contributed by atoms with Gasteiger partial charge >= 0.3 is 0 Å². The lowest BCUT2D eigenvalue weighted by molar-refractivity contribution is 0.0487. The first-order valence-electron chi connectivity index (χ1n) is 10.1. The summed E-state index contributed by atoms with van der Waals surface area (Å²) in [5.74, 6) is 0.712. The molecule has 0 aromatic heterocycles. The van der Waals surface area contributed by atoms with Crippen molar-refractivity contribution >= 4 is 16.0 Å². The van der Waals surface area contributed by atoms with E-state index in [4.69, 9.17) is 4.74 Å². The fourth-order valence-corrected chi connectivity index (χ4v) is 4.58. The van der Waals surface area contributed by atoms with Crippen molar-refractivity contribution in [3.63, 3.8) is 0 Å². The standard InChI is InChI=1S/C18H38N4O3S/c1-4-19-18(21-14-16-26(23,24)22(5-2)6-3)20-13-15-25-17-11-9-7-8-10-12-17/h17H,4-16H2,1-3H3,(H2,19,20,21). The normalized spacial score (nSPS) is 17.3. The second-order valence-electron chi connectivity index (χ2n) is 6.57. The Kier molecular flexibility index (Phi) is 11.9. The lowest BCUT2D eigenvalue weighted by atomic mass is 10.1. The largest absolute Gasteiger partial charge is 0.376 e. The number of hydrogen-bond donors (Lipinski definition) is 2. The third-order valence-electron chi connectivity index (χ3n) is 4.61. The smallest absolute Gasteiger partial charge is 0.215 e. The molecule has 0 aromatic carbocycles. The molecule has 1 rings (SSSR count). The van der Waals surface area contributed by atoms with E-state index in [0.29, 0.717) is 44.8 Å². The van der Waals surface area contributed by atoms with Crippen LogP contribution in [0.25, 0.3) is 0 Å². The molecule has 0 bridgehead atoms. The minimum Gasteiger partial charge on any atom is -0.376 e. The van der Waals surface area contributed by atoms with Gasteiger partial charge in [-0.1, -0.05) is 39.5 Å². The first-order valence-corrected chi connectivity index (χ1v) is 11.8. The Morgan fingerprint density at radius 3 is 2.31 bits per heavy atom. The molecular weight excluding hydrogens is 352 g/mol. The van der Waals surface area contributed by atoms with Crippen LogP contribution in [0.5, 0.6) is 0 Å². The van der Waals surface area contributed by atoms with E-state index in [9.17, 15) is 8.42 Å². The van der Waals surface area contributed by atoms with Crippen LogP contribution in [0.4, 0.5) is 0 Å². The van der Waals surface area contributed by atoms with E-state index in [-0.39, 0.29) is 5.75 Å². The molecule has 1 fully saturated rings. The summed E-state index contributed by atoms with van der Waals surface area (Å²) in [6.45, 7) is 8.98. The minimum absolute atomic E-state index is 0.0671. The Bertz CT molecular complexity index is 485. The van der Waals surface area contributed by atoms with Gasteiger partial charge in [0.05, 0.1) is 25.0 Å². The van der Waals surface area contributed by atoms with Crippen LogP contribution >= 0.6 is 0 Å². The number of guanidine groups is 1. The number of sulfonamides is 1. The summed E-state index contributed by atoms with van der Waals surface area (Å²) in [6, 6.07) is 0. The van der Waals surface area contributed by atoms with Crippen LogP contribution in [0.15, 0.2) is 4.99 Å². The molecule has 1 aliphatic rings. The molecule has 0 unspecified atom stereocenters. The van der Waals surface area contributed by atoms with Crippen LogP contribution in [0.3, 0.4) is 0 Å². The SMILES string of the molecule is CCNC(=NCCOC1CCCCCC1)NCCS(=O)(=O)N(CC)CC. The number of rotatable bonds is 11. The Morgan fingerprint density at radius 2 is 1.73 bits per heavy atom. The molecule has 0 saturated heterocycles. The van der Waals surface area contributed by atoms with Crippen molar-refractivity contribution in [2.24, 2.45) is 4.99 Å². The van der Waals surface area contributed by atoms with Crippen molar-refractivity contribution in [3.05, 3.63) is 0 Å². The number of ether oxygens (including phenoxy) is 1. The fraction of sp³-hybridized carbons (Fsp3) is 0.944. The molecule has 0 spiro atoms. The lowest BCUT2D eigenvalue weighted by Gasteiger charge is -2.19. The molecule has 2 N–H and O–H groups in total. The van der Waals surface area contributed by atoms with Gasteiger partial charge in [0.1, 0.15) is 0 Å². The summed E-state index contributed by atoms with van der Waals surface area (Å²) in [6.07, 6.45) is 7.86. The Morgan fingerprint density at radius 1 is 1.08 bits per heavy atom. The zero-order chi connectivity index (χ0) is 19.3. The van der Waals surface area contributed by atoms with E-state index < -0.39 is 10.0 Å². The number of aliphatic imine (C=N–C) groups is 1. The molecule has 0 heterocycles. The van der Waals surface area contributed by atoms with Gasteiger partial charge in [-0.2, -0.15) is 0 Å². The monoisotopic (exact) mass is 390 g/mol. The summed E-state index contributed by atoms with van der Waals surface area (Å²) >= 11 is 0. The van der Waals surface area contributed by atoms with E-state index in [1.807, 2.05) is 20.8 Å². The minimum atomic E-state index is -3.21. The van der Waals surface area contributed by atoms with Gasteiger partial charge in [-0.25, -0.2) is 12.7 Å². The summed E-state index contributed by atoms with van der Waals surface area (Å²) in [4.78, 5) is 4.49. The van der Waals surface area contributed by atoms with E-state index in [2.05, 4.69) is 15.6 Å². The van der Waals surface area contributed by atoms with Crippen LogP contribution < -0.4 is 10.6 Å². The average Bonchev–Trinajstić information content (AvgIpc) is 2.88. The summed E-state index contributed by atoms with van der Waals surface area (Å²) in [7, 11) is -3.21. The van der Waals surface area contributed by atoms with Crippen molar-refractivity contribution in [1.29, 1.82) is 0 Å². The number of nitrogens with one attached hydrogen (secondary N) is 2. The summed E-state index contributed by atoms with van der Waals surface area (Å²) in [5.41, 5.74) is 0. The van der Waals surface area contributed by atoms with Gasteiger partial charge < -0.3 is 15.4 Å². The Labute approximate surface area is 160 Å². The van der Waals surface area contributed by atoms with E-state index in [0.717, 1.165) is 19.4 Å².